The summed E-state index contributed by atoms with van der Waals surface area (Å²) in [5.74, 6) is 0.967. The van der Waals surface area contributed by atoms with Gasteiger partial charge in [-0.1, -0.05) is 29.8 Å². The number of nitro benzene ring substituents is 1. The molecule has 0 aliphatic heterocycles. The van der Waals surface area contributed by atoms with Crippen molar-refractivity contribution in [3.63, 3.8) is 0 Å². The number of aryl methyl sites for hydroxylation is 1. The highest BCUT2D eigenvalue weighted by atomic mass is 19.4. The standard InChI is InChI=1S/C23H20F3N3O4/c1-15-4-3-5-17(10-15)14-33-21-9-6-16(11-22(21)32-2)13-27-28-19-8-7-18(23(24,25)26)12-20(19)29(30)31/h3-13,28H,14H2,1-2H3/b27-13-. The van der Waals surface area contributed by atoms with Crippen LogP contribution in [-0.4, -0.2) is 18.2 Å². The summed E-state index contributed by atoms with van der Waals surface area (Å²) in [6.07, 6.45) is -3.33. The van der Waals surface area contributed by atoms with E-state index in [1.165, 1.54) is 13.3 Å². The van der Waals surface area contributed by atoms with Gasteiger partial charge in [-0.15, -0.1) is 0 Å². The van der Waals surface area contributed by atoms with Crippen LogP contribution in [0, 0.1) is 17.0 Å². The molecule has 3 rings (SSSR count). The second kappa shape index (κ2) is 10.0. The number of methoxy groups -OCH3 is 1. The van der Waals surface area contributed by atoms with E-state index in [2.05, 4.69) is 10.5 Å². The average molecular weight is 459 g/mol. The number of ether oxygens (including phenoxy) is 2. The van der Waals surface area contributed by atoms with E-state index < -0.39 is 22.4 Å². The summed E-state index contributed by atoms with van der Waals surface area (Å²) in [5.41, 5.74) is 3.10. The lowest BCUT2D eigenvalue weighted by molar-refractivity contribution is -0.384. The molecule has 0 heterocycles. The quantitative estimate of drug-likeness (QED) is 0.255. The molecule has 0 bridgehead atoms. The number of nitro groups is 1. The lowest BCUT2D eigenvalue weighted by Crippen LogP contribution is -2.06. The summed E-state index contributed by atoms with van der Waals surface area (Å²) >= 11 is 0. The van der Waals surface area contributed by atoms with Crippen LogP contribution in [0.25, 0.3) is 0 Å². The van der Waals surface area contributed by atoms with E-state index in [1.807, 2.05) is 31.2 Å². The Hall–Kier alpha value is -4.08. The zero-order valence-corrected chi connectivity index (χ0v) is 17.7. The van der Waals surface area contributed by atoms with Crippen molar-refractivity contribution in [2.45, 2.75) is 19.7 Å². The van der Waals surface area contributed by atoms with E-state index in [1.54, 1.807) is 18.2 Å². The highest BCUT2D eigenvalue weighted by molar-refractivity contribution is 5.82. The molecular weight excluding hydrogens is 439 g/mol. The van der Waals surface area contributed by atoms with Crippen molar-refractivity contribution in [1.82, 2.24) is 0 Å². The van der Waals surface area contributed by atoms with Crippen molar-refractivity contribution < 1.29 is 27.6 Å². The molecule has 0 unspecified atom stereocenters. The van der Waals surface area contributed by atoms with Crippen molar-refractivity contribution in [3.8, 4) is 11.5 Å². The van der Waals surface area contributed by atoms with Gasteiger partial charge in [0.2, 0.25) is 0 Å². The first kappa shape index (κ1) is 23.6. The number of nitrogens with one attached hydrogen (secondary N) is 1. The molecule has 0 spiro atoms. The van der Waals surface area contributed by atoms with Gasteiger partial charge in [-0.3, -0.25) is 15.5 Å². The molecule has 3 aromatic rings. The Morgan fingerprint density at radius 2 is 1.88 bits per heavy atom. The second-order valence-electron chi connectivity index (χ2n) is 7.04. The van der Waals surface area contributed by atoms with Crippen molar-refractivity contribution >= 4 is 17.6 Å². The van der Waals surface area contributed by atoms with Crippen molar-refractivity contribution in [1.29, 1.82) is 0 Å². The minimum atomic E-state index is -4.69. The normalized spacial score (nSPS) is 11.4. The first-order valence-corrected chi connectivity index (χ1v) is 9.68. The summed E-state index contributed by atoms with van der Waals surface area (Å²) in [6, 6.07) is 15.1. The van der Waals surface area contributed by atoms with Gasteiger partial charge in [0.1, 0.15) is 12.3 Å². The third kappa shape index (κ3) is 6.22. The molecule has 0 aliphatic rings. The Bertz CT molecular complexity index is 1180. The van der Waals surface area contributed by atoms with E-state index in [0.717, 1.165) is 23.3 Å². The zero-order valence-electron chi connectivity index (χ0n) is 17.7. The fourth-order valence-electron chi connectivity index (χ4n) is 2.98. The molecule has 1 N–H and O–H groups in total. The largest absolute Gasteiger partial charge is 0.493 e. The number of anilines is 1. The zero-order chi connectivity index (χ0) is 24.0. The van der Waals surface area contributed by atoms with Gasteiger partial charge < -0.3 is 9.47 Å². The van der Waals surface area contributed by atoms with Crippen LogP contribution < -0.4 is 14.9 Å². The predicted octanol–water partition coefficient (Wildman–Crippen LogP) is 5.96. The van der Waals surface area contributed by atoms with Gasteiger partial charge in [0, 0.05) is 6.07 Å². The number of halogens is 3. The number of hydrogen-bond acceptors (Lipinski definition) is 6. The number of benzene rings is 3. The molecule has 0 radical (unpaired) electrons. The second-order valence-corrected chi connectivity index (χ2v) is 7.04. The van der Waals surface area contributed by atoms with E-state index in [4.69, 9.17) is 9.47 Å². The lowest BCUT2D eigenvalue weighted by atomic mass is 10.1. The first-order chi connectivity index (χ1) is 15.7. The summed E-state index contributed by atoms with van der Waals surface area (Å²) in [4.78, 5) is 10.2. The molecular formula is C23H20F3N3O4. The van der Waals surface area contributed by atoms with Gasteiger partial charge in [0.15, 0.2) is 11.5 Å². The average Bonchev–Trinajstić information content (AvgIpc) is 2.77. The Kier molecular flexibility index (Phi) is 7.17. The highest BCUT2D eigenvalue weighted by Gasteiger charge is 2.33. The maximum atomic E-state index is 12.8. The molecule has 33 heavy (non-hydrogen) atoms. The molecule has 0 saturated heterocycles. The van der Waals surface area contributed by atoms with Crippen LogP contribution in [0.1, 0.15) is 22.3 Å². The molecule has 0 fully saturated rings. The van der Waals surface area contributed by atoms with Crippen LogP contribution in [0.15, 0.2) is 65.8 Å². The number of nitrogens with zero attached hydrogens (tertiary/aromatic N) is 2. The fourth-order valence-corrected chi connectivity index (χ4v) is 2.98. The van der Waals surface area contributed by atoms with Crippen LogP contribution in [0.2, 0.25) is 0 Å². The van der Waals surface area contributed by atoms with Crippen molar-refractivity contribution in [2.75, 3.05) is 12.5 Å². The molecule has 0 atom stereocenters. The number of hydrazone groups is 1. The first-order valence-electron chi connectivity index (χ1n) is 9.68. The Labute approximate surface area is 187 Å². The maximum Gasteiger partial charge on any atom is 0.416 e. The number of hydrogen-bond donors (Lipinski definition) is 1. The summed E-state index contributed by atoms with van der Waals surface area (Å²) in [7, 11) is 1.49. The van der Waals surface area contributed by atoms with Crippen molar-refractivity contribution in [2.24, 2.45) is 5.10 Å². The van der Waals surface area contributed by atoms with E-state index in [9.17, 15) is 23.3 Å². The van der Waals surface area contributed by atoms with E-state index >= 15 is 0 Å². The molecule has 172 valence electrons. The van der Waals surface area contributed by atoms with Crippen molar-refractivity contribution in [3.05, 3.63) is 93.0 Å². The maximum absolute atomic E-state index is 12.8. The smallest absolute Gasteiger partial charge is 0.416 e. The summed E-state index contributed by atoms with van der Waals surface area (Å²) in [6.45, 7) is 2.34. The topological polar surface area (TPSA) is 86.0 Å². The minimum absolute atomic E-state index is 0.172. The van der Waals surface area contributed by atoms with Gasteiger partial charge in [0.25, 0.3) is 5.69 Å². The molecule has 10 heteroatoms. The Morgan fingerprint density at radius 1 is 1.09 bits per heavy atom. The van der Waals surface area contributed by atoms with E-state index in [0.29, 0.717) is 29.7 Å². The third-order valence-electron chi connectivity index (χ3n) is 4.58. The highest BCUT2D eigenvalue weighted by Crippen LogP contribution is 2.35. The SMILES string of the molecule is COc1cc(/C=N\Nc2ccc(C(F)(F)F)cc2[N+](=O)[O-])ccc1OCc1cccc(C)c1. The fraction of sp³-hybridized carbons (Fsp3) is 0.174. The molecule has 7 nitrogen and oxygen atoms in total. The van der Waals surface area contributed by atoms with Crippen LogP contribution in [-0.2, 0) is 12.8 Å². The van der Waals surface area contributed by atoms with E-state index in [-0.39, 0.29) is 5.69 Å². The van der Waals surface area contributed by atoms with Gasteiger partial charge in [0.05, 0.1) is 23.8 Å². The third-order valence-corrected chi connectivity index (χ3v) is 4.58. The van der Waals surface area contributed by atoms with Gasteiger partial charge >= 0.3 is 6.18 Å². The molecule has 0 amide bonds. The summed E-state index contributed by atoms with van der Waals surface area (Å²) in [5, 5.41) is 15.1. The lowest BCUT2D eigenvalue weighted by Gasteiger charge is -2.12. The Morgan fingerprint density at radius 3 is 2.55 bits per heavy atom. The van der Waals surface area contributed by atoms with Gasteiger partial charge in [-0.2, -0.15) is 18.3 Å². The van der Waals surface area contributed by atoms with Gasteiger partial charge in [-0.25, -0.2) is 0 Å². The summed E-state index contributed by atoms with van der Waals surface area (Å²) < 4.78 is 49.6. The molecule has 3 aromatic carbocycles. The predicted molar refractivity (Wildman–Crippen MR) is 118 cm³/mol. The van der Waals surface area contributed by atoms with Gasteiger partial charge in [-0.05, 0) is 48.4 Å². The number of alkyl halides is 3. The molecule has 0 aromatic heterocycles. The molecule has 0 aliphatic carbocycles. The minimum Gasteiger partial charge on any atom is -0.493 e. The monoisotopic (exact) mass is 459 g/mol. The Balaban J connectivity index is 1.72. The van der Waals surface area contributed by atoms with Crippen LogP contribution in [0.3, 0.4) is 0 Å². The molecule has 0 saturated carbocycles. The van der Waals surface area contributed by atoms with Crippen LogP contribution in [0.4, 0.5) is 24.5 Å². The van der Waals surface area contributed by atoms with Crippen LogP contribution >= 0.6 is 0 Å². The van der Waals surface area contributed by atoms with Crippen LogP contribution in [0.5, 0.6) is 11.5 Å². The number of rotatable bonds is 8.